The van der Waals surface area contributed by atoms with E-state index in [2.05, 4.69) is 22.5 Å². The van der Waals surface area contributed by atoms with Crippen molar-refractivity contribution in [2.45, 2.75) is 65.0 Å². The van der Waals surface area contributed by atoms with Gasteiger partial charge in [0.05, 0.1) is 12.2 Å². The highest BCUT2D eigenvalue weighted by atomic mass is 19.1. The van der Waals surface area contributed by atoms with Gasteiger partial charge in [0.25, 0.3) is 0 Å². The number of aromatic nitrogens is 1. The molecule has 0 aliphatic carbocycles. The van der Waals surface area contributed by atoms with Crippen LogP contribution in [0.5, 0.6) is 5.75 Å². The Kier molecular flexibility index (Phi) is 5.82. The molecule has 0 spiro atoms. The Bertz CT molecular complexity index is 934. The van der Waals surface area contributed by atoms with Gasteiger partial charge in [-0.05, 0) is 31.5 Å². The second kappa shape index (κ2) is 8.01. The van der Waals surface area contributed by atoms with E-state index in [0.717, 1.165) is 24.6 Å². The summed E-state index contributed by atoms with van der Waals surface area (Å²) in [5, 5.41) is 16.7. The van der Waals surface area contributed by atoms with Gasteiger partial charge in [-0.25, -0.2) is 8.78 Å². The Hall–Kier alpha value is -2.63. The fraction of sp³-hybridized carbons (Fsp3) is 0.435. The van der Waals surface area contributed by atoms with Crippen LogP contribution in [0.15, 0.2) is 36.3 Å². The maximum absolute atomic E-state index is 15.0. The minimum atomic E-state index is -0.582. The van der Waals surface area contributed by atoms with Crippen molar-refractivity contribution >= 4 is 0 Å². The highest BCUT2D eigenvalue weighted by molar-refractivity contribution is 5.71. The molecule has 3 N–H and O–H groups in total. The first kappa shape index (κ1) is 21.1. The van der Waals surface area contributed by atoms with Gasteiger partial charge in [-0.2, -0.15) is 0 Å². The third kappa shape index (κ3) is 4.52. The topological polar surface area (TPSA) is 57.2 Å². The van der Waals surface area contributed by atoms with Gasteiger partial charge in [-0.3, -0.25) is 4.98 Å². The molecule has 1 aromatic carbocycles. The number of nitrogens with one attached hydrogen (secondary N) is 2. The smallest absolute Gasteiger partial charge is 0.141 e. The Morgan fingerprint density at radius 1 is 1.21 bits per heavy atom. The van der Waals surface area contributed by atoms with Gasteiger partial charge in [-0.15, -0.1) is 0 Å². The molecule has 6 heteroatoms. The van der Waals surface area contributed by atoms with Crippen LogP contribution in [-0.4, -0.2) is 16.1 Å². The lowest BCUT2D eigenvalue weighted by molar-refractivity contribution is 0.470. The van der Waals surface area contributed by atoms with E-state index in [9.17, 15) is 13.9 Å². The molecule has 0 radical (unpaired) electrons. The molecule has 2 aromatic rings. The Morgan fingerprint density at radius 2 is 1.93 bits per heavy atom. The largest absolute Gasteiger partial charge is 0.506 e. The summed E-state index contributed by atoms with van der Waals surface area (Å²) in [5.74, 6) is -1.28. The minimum absolute atomic E-state index is 0.0247. The van der Waals surface area contributed by atoms with Gasteiger partial charge >= 0.3 is 0 Å². The van der Waals surface area contributed by atoms with Crippen molar-refractivity contribution in [1.29, 1.82) is 0 Å². The lowest BCUT2D eigenvalue weighted by Crippen LogP contribution is -2.20. The summed E-state index contributed by atoms with van der Waals surface area (Å²) in [7, 11) is 0. The number of benzene rings is 1. The summed E-state index contributed by atoms with van der Waals surface area (Å²) < 4.78 is 29.9. The molecule has 4 nitrogen and oxygen atoms in total. The molecule has 1 aliphatic heterocycles. The van der Waals surface area contributed by atoms with Gasteiger partial charge < -0.3 is 15.7 Å². The zero-order valence-electron chi connectivity index (χ0n) is 17.6. The molecule has 2 heterocycles. The summed E-state index contributed by atoms with van der Waals surface area (Å²) >= 11 is 0. The van der Waals surface area contributed by atoms with Crippen LogP contribution < -0.4 is 10.6 Å². The molecule has 1 aromatic heterocycles. The molecule has 2 unspecified atom stereocenters. The predicted octanol–water partition coefficient (Wildman–Crippen LogP) is 5.29. The quantitative estimate of drug-likeness (QED) is 0.637. The van der Waals surface area contributed by atoms with Crippen LogP contribution in [0, 0.1) is 11.6 Å². The highest BCUT2D eigenvalue weighted by Crippen LogP contribution is 2.36. The monoisotopic (exact) mass is 401 g/mol. The fourth-order valence-corrected chi connectivity index (χ4v) is 3.49. The van der Waals surface area contributed by atoms with Gasteiger partial charge in [0.1, 0.15) is 17.4 Å². The maximum atomic E-state index is 15.0. The lowest BCUT2D eigenvalue weighted by Gasteiger charge is -2.20. The van der Waals surface area contributed by atoms with E-state index >= 15 is 0 Å². The minimum Gasteiger partial charge on any atom is -0.506 e. The van der Waals surface area contributed by atoms with Gasteiger partial charge in [-0.1, -0.05) is 27.7 Å². The van der Waals surface area contributed by atoms with Crippen LogP contribution in [0.3, 0.4) is 0 Å². The SMILES string of the molecule is CCC1CC(NC(C)c2cc(F)c(-c3cc(C(C)(C)C)ncc3O)cc2F)=CN1. The predicted molar refractivity (Wildman–Crippen MR) is 111 cm³/mol. The standard InChI is InChI=1S/C23H29F2N3O/c1-6-14-7-15(11-26-14)28-13(2)16-8-20(25)17(9-19(16)24)18-10-22(23(3,4)5)27-12-21(18)29/h8-14,26,28-29H,6-7H2,1-5H3. The average Bonchev–Trinajstić information content (AvgIpc) is 3.10. The normalized spacial score (nSPS) is 17.6. The Morgan fingerprint density at radius 3 is 2.55 bits per heavy atom. The zero-order chi connectivity index (χ0) is 21.3. The molecule has 2 atom stereocenters. The summed E-state index contributed by atoms with van der Waals surface area (Å²) in [5.41, 5.74) is 1.90. The first-order chi connectivity index (χ1) is 13.6. The Balaban J connectivity index is 1.90. The maximum Gasteiger partial charge on any atom is 0.141 e. The summed E-state index contributed by atoms with van der Waals surface area (Å²) in [6.07, 6.45) is 5.02. The van der Waals surface area contributed by atoms with Gasteiger partial charge in [0.2, 0.25) is 0 Å². The molecule has 156 valence electrons. The van der Waals surface area contributed by atoms with Crippen molar-refractivity contribution < 1.29 is 13.9 Å². The Labute approximate surface area is 171 Å². The van der Waals surface area contributed by atoms with Crippen molar-refractivity contribution in [3.63, 3.8) is 0 Å². The van der Waals surface area contributed by atoms with E-state index in [1.807, 2.05) is 27.0 Å². The number of aromatic hydroxyl groups is 1. The van der Waals surface area contributed by atoms with Crippen LogP contribution in [0.4, 0.5) is 8.78 Å². The zero-order valence-corrected chi connectivity index (χ0v) is 17.6. The van der Waals surface area contributed by atoms with Crippen LogP contribution in [-0.2, 0) is 5.41 Å². The number of nitrogens with zero attached hydrogens (tertiary/aromatic N) is 1. The molecule has 0 fully saturated rings. The molecular formula is C23H29F2N3O. The summed E-state index contributed by atoms with van der Waals surface area (Å²) in [6.45, 7) is 9.82. The second-order valence-corrected chi connectivity index (χ2v) is 8.70. The van der Waals surface area contributed by atoms with Gasteiger partial charge in [0, 0.05) is 52.2 Å². The van der Waals surface area contributed by atoms with E-state index in [1.54, 1.807) is 13.0 Å². The van der Waals surface area contributed by atoms with E-state index in [1.165, 1.54) is 12.3 Å². The number of hydrogen-bond acceptors (Lipinski definition) is 4. The number of rotatable bonds is 5. The third-order valence-corrected chi connectivity index (χ3v) is 5.35. The number of hydrogen-bond donors (Lipinski definition) is 3. The van der Waals surface area contributed by atoms with Crippen molar-refractivity contribution in [1.82, 2.24) is 15.6 Å². The number of halogens is 2. The molecule has 0 bridgehead atoms. The fourth-order valence-electron chi connectivity index (χ4n) is 3.49. The second-order valence-electron chi connectivity index (χ2n) is 8.70. The van der Waals surface area contributed by atoms with Crippen molar-refractivity contribution in [3.8, 4) is 16.9 Å². The van der Waals surface area contributed by atoms with Crippen LogP contribution in [0.1, 0.15) is 64.8 Å². The number of pyridine rings is 1. The van der Waals surface area contributed by atoms with E-state index < -0.39 is 17.7 Å². The van der Waals surface area contributed by atoms with Crippen LogP contribution in [0.25, 0.3) is 11.1 Å². The van der Waals surface area contributed by atoms with Crippen molar-refractivity contribution in [2.75, 3.05) is 0 Å². The van der Waals surface area contributed by atoms with Crippen LogP contribution >= 0.6 is 0 Å². The van der Waals surface area contributed by atoms with E-state index in [0.29, 0.717) is 11.7 Å². The molecule has 0 amide bonds. The molecule has 3 rings (SSSR count). The highest BCUT2D eigenvalue weighted by Gasteiger charge is 2.23. The van der Waals surface area contributed by atoms with Crippen molar-refractivity contribution in [3.05, 3.63) is 59.2 Å². The van der Waals surface area contributed by atoms with Crippen molar-refractivity contribution in [2.24, 2.45) is 0 Å². The third-order valence-electron chi connectivity index (χ3n) is 5.35. The molecule has 0 saturated heterocycles. The summed E-state index contributed by atoms with van der Waals surface area (Å²) in [6, 6.07) is 3.97. The molecule has 0 saturated carbocycles. The molecule has 1 aliphatic rings. The van der Waals surface area contributed by atoms with Crippen LogP contribution in [0.2, 0.25) is 0 Å². The first-order valence-electron chi connectivity index (χ1n) is 10.0. The lowest BCUT2D eigenvalue weighted by atomic mass is 9.89. The van der Waals surface area contributed by atoms with E-state index in [4.69, 9.17) is 0 Å². The molecular weight excluding hydrogens is 372 g/mol. The molecule has 29 heavy (non-hydrogen) atoms. The average molecular weight is 402 g/mol. The summed E-state index contributed by atoms with van der Waals surface area (Å²) in [4.78, 5) is 4.22. The van der Waals surface area contributed by atoms with Gasteiger partial charge in [0.15, 0.2) is 0 Å². The van der Waals surface area contributed by atoms with E-state index in [-0.39, 0.29) is 27.9 Å². The first-order valence-corrected chi connectivity index (χ1v) is 10.0.